The van der Waals surface area contributed by atoms with Crippen molar-refractivity contribution in [1.82, 2.24) is 10.2 Å². The Kier molecular flexibility index (Phi) is 8.46. The van der Waals surface area contributed by atoms with E-state index >= 15 is 0 Å². The molecule has 0 aromatic heterocycles. The highest BCUT2D eigenvalue weighted by Gasteiger charge is 2.34. The average molecular weight is 474 g/mol. The van der Waals surface area contributed by atoms with Gasteiger partial charge in [0.1, 0.15) is 5.82 Å². The van der Waals surface area contributed by atoms with Gasteiger partial charge < -0.3 is 10.6 Å². The molecule has 7 nitrogen and oxygen atoms in total. The van der Waals surface area contributed by atoms with Crippen molar-refractivity contribution in [3.8, 4) is 0 Å². The van der Waals surface area contributed by atoms with E-state index in [9.17, 15) is 23.6 Å². The average Bonchev–Trinajstić information content (AvgIpc) is 3.03. The normalized spacial score (nSPS) is 14.7. The van der Waals surface area contributed by atoms with E-state index in [1.54, 1.807) is 6.08 Å². The lowest BCUT2D eigenvalue weighted by atomic mass is 10.2. The molecule has 2 N–H and O–H groups in total. The summed E-state index contributed by atoms with van der Waals surface area (Å²) in [5, 5.41) is 4.87. The third-order valence-electron chi connectivity index (χ3n) is 4.22. The summed E-state index contributed by atoms with van der Waals surface area (Å²) in [7, 11) is 0. The smallest absolute Gasteiger partial charge is 0.293 e. The van der Waals surface area contributed by atoms with Gasteiger partial charge in [0, 0.05) is 18.8 Å². The van der Waals surface area contributed by atoms with E-state index in [-0.39, 0.29) is 47.6 Å². The van der Waals surface area contributed by atoms with Crippen LogP contribution >= 0.6 is 23.5 Å². The molecule has 2 aromatic rings. The van der Waals surface area contributed by atoms with Crippen LogP contribution in [0.5, 0.6) is 0 Å². The number of thioether (sulfide) groups is 2. The lowest BCUT2D eigenvalue weighted by Crippen LogP contribution is -2.37. The predicted molar refractivity (Wildman–Crippen MR) is 124 cm³/mol. The zero-order chi connectivity index (χ0) is 22.9. The van der Waals surface area contributed by atoms with Crippen molar-refractivity contribution in [3.05, 3.63) is 70.9 Å². The summed E-state index contributed by atoms with van der Waals surface area (Å²) in [4.78, 5) is 49.8. The SMILES string of the molecule is O=C(CSCC(=O)Nc1ccc(F)cc1)NCCN1C(=O)S/C(=C\c2ccccc2)C1=O. The fraction of sp³-hybridized carbons (Fsp3) is 0.182. The lowest BCUT2D eigenvalue weighted by molar-refractivity contribution is -0.123. The summed E-state index contributed by atoms with van der Waals surface area (Å²) in [6, 6.07) is 14.6. The fourth-order valence-electron chi connectivity index (χ4n) is 2.72. The van der Waals surface area contributed by atoms with E-state index in [1.165, 1.54) is 24.3 Å². The molecule has 1 aliphatic rings. The first-order valence-corrected chi connectivity index (χ1v) is 11.6. The standard InChI is InChI=1S/C22H20FN3O4S2/c23-16-6-8-17(9-7-16)25-20(28)14-31-13-19(27)24-10-11-26-21(29)18(32-22(26)30)12-15-4-2-1-3-5-15/h1-9,12H,10-11,13-14H2,(H,24,27)(H,25,28)/b18-12-. The van der Waals surface area contributed by atoms with E-state index in [0.29, 0.717) is 10.6 Å². The number of amides is 4. The summed E-state index contributed by atoms with van der Waals surface area (Å²) in [5.41, 5.74) is 1.30. The molecule has 0 radical (unpaired) electrons. The van der Waals surface area contributed by atoms with Crippen LogP contribution in [-0.4, -0.2) is 52.5 Å². The summed E-state index contributed by atoms with van der Waals surface area (Å²) in [5.74, 6) is -1.29. The quantitative estimate of drug-likeness (QED) is 0.543. The molecule has 1 heterocycles. The predicted octanol–water partition coefficient (Wildman–Crippen LogP) is 3.35. The summed E-state index contributed by atoms with van der Waals surface area (Å²) < 4.78 is 12.9. The van der Waals surface area contributed by atoms with Crippen LogP contribution in [0.4, 0.5) is 14.9 Å². The highest BCUT2D eigenvalue weighted by atomic mass is 32.2. The Morgan fingerprint density at radius 1 is 1.00 bits per heavy atom. The highest BCUT2D eigenvalue weighted by molar-refractivity contribution is 8.18. The lowest BCUT2D eigenvalue weighted by Gasteiger charge is -2.13. The Hall–Kier alpha value is -3.11. The maximum Gasteiger partial charge on any atom is 0.293 e. The first-order chi connectivity index (χ1) is 15.4. The van der Waals surface area contributed by atoms with E-state index in [4.69, 9.17) is 0 Å². The van der Waals surface area contributed by atoms with Crippen LogP contribution in [0.25, 0.3) is 6.08 Å². The van der Waals surface area contributed by atoms with Crippen LogP contribution in [0.2, 0.25) is 0 Å². The van der Waals surface area contributed by atoms with Crippen LogP contribution in [0.15, 0.2) is 59.5 Å². The molecule has 3 rings (SSSR count). The third-order valence-corrected chi connectivity index (χ3v) is 6.06. The van der Waals surface area contributed by atoms with Crippen LogP contribution in [-0.2, 0) is 14.4 Å². The van der Waals surface area contributed by atoms with Gasteiger partial charge in [-0.25, -0.2) is 4.39 Å². The summed E-state index contributed by atoms with van der Waals surface area (Å²) in [6.45, 7) is 0.191. The maximum atomic E-state index is 12.9. The Morgan fingerprint density at radius 2 is 1.69 bits per heavy atom. The molecule has 10 heteroatoms. The molecule has 2 aromatic carbocycles. The molecule has 0 atom stereocenters. The maximum absolute atomic E-state index is 12.9. The van der Waals surface area contributed by atoms with Gasteiger partial charge in [0.25, 0.3) is 11.1 Å². The molecule has 0 saturated carbocycles. The van der Waals surface area contributed by atoms with Crippen molar-refractivity contribution in [2.75, 3.05) is 29.9 Å². The summed E-state index contributed by atoms with van der Waals surface area (Å²) >= 11 is 1.99. The molecule has 1 aliphatic heterocycles. The monoisotopic (exact) mass is 473 g/mol. The Morgan fingerprint density at radius 3 is 2.41 bits per heavy atom. The molecule has 0 unspecified atom stereocenters. The van der Waals surface area contributed by atoms with Gasteiger partial charge in [-0.15, -0.1) is 11.8 Å². The van der Waals surface area contributed by atoms with Crippen molar-refractivity contribution in [2.45, 2.75) is 0 Å². The van der Waals surface area contributed by atoms with Crippen molar-refractivity contribution in [3.63, 3.8) is 0 Å². The molecular formula is C22H20FN3O4S2. The zero-order valence-corrected chi connectivity index (χ0v) is 18.5. The third kappa shape index (κ3) is 6.96. The topological polar surface area (TPSA) is 95.6 Å². The van der Waals surface area contributed by atoms with E-state index in [2.05, 4.69) is 10.6 Å². The molecule has 4 amide bonds. The van der Waals surface area contributed by atoms with Gasteiger partial charge in [-0.2, -0.15) is 0 Å². The van der Waals surface area contributed by atoms with Crippen LogP contribution < -0.4 is 10.6 Å². The Bertz CT molecular complexity index is 1030. The number of imide groups is 1. The number of anilines is 1. The molecular weight excluding hydrogens is 453 g/mol. The van der Waals surface area contributed by atoms with Gasteiger partial charge in [-0.05, 0) is 47.7 Å². The summed E-state index contributed by atoms with van der Waals surface area (Å²) in [6.07, 6.45) is 1.66. The van der Waals surface area contributed by atoms with Crippen LogP contribution in [0.3, 0.4) is 0 Å². The first-order valence-electron chi connectivity index (χ1n) is 9.62. The molecule has 0 aliphatic carbocycles. The minimum Gasteiger partial charge on any atom is -0.354 e. The minimum atomic E-state index is -0.395. The highest BCUT2D eigenvalue weighted by Crippen LogP contribution is 2.31. The number of carbonyl (C=O) groups excluding carboxylic acids is 4. The molecule has 0 bridgehead atoms. The molecule has 32 heavy (non-hydrogen) atoms. The van der Waals surface area contributed by atoms with Crippen molar-refractivity contribution < 1.29 is 23.6 Å². The first kappa shape index (κ1) is 23.6. The number of nitrogens with one attached hydrogen (secondary N) is 2. The number of hydrogen-bond donors (Lipinski definition) is 2. The second-order valence-electron chi connectivity index (χ2n) is 6.64. The second-order valence-corrected chi connectivity index (χ2v) is 8.62. The van der Waals surface area contributed by atoms with Gasteiger partial charge in [-0.1, -0.05) is 30.3 Å². The molecule has 166 valence electrons. The van der Waals surface area contributed by atoms with Gasteiger partial charge in [0.05, 0.1) is 16.4 Å². The number of rotatable bonds is 9. The van der Waals surface area contributed by atoms with Crippen LogP contribution in [0.1, 0.15) is 5.56 Å². The molecule has 1 fully saturated rings. The Labute approximate surface area is 192 Å². The zero-order valence-electron chi connectivity index (χ0n) is 16.9. The fourth-order valence-corrected chi connectivity index (χ4v) is 4.23. The van der Waals surface area contributed by atoms with Crippen molar-refractivity contribution in [2.24, 2.45) is 0 Å². The van der Waals surface area contributed by atoms with E-state index < -0.39 is 5.82 Å². The second kappa shape index (κ2) is 11.5. The van der Waals surface area contributed by atoms with Gasteiger partial charge in [0.15, 0.2) is 0 Å². The number of halogens is 1. The minimum absolute atomic E-state index is 0.0483. The number of carbonyl (C=O) groups is 4. The number of nitrogens with zero attached hydrogens (tertiary/aromatic N) is 1. The van der Waals surface area contributed by atoms with Gasteiger partial charge in [-0.3, -0.25) is 24.1 Å². The van der Waals surface area contributed by atoms with Crippen LogP contribution in [0, 0.1) is 5.82 Å². The van der Waals surface area contributed by atoms with Gasteiger partial charge >= 0.3 is 0 Å². The Balaban J connectivity index is 1.36. The molecule has 1 saturated heterocycles. The van der Waals surface area contributed by atoms with Crippen molar-refractivity contribution in [1.29, 1.82) is 0 Å². The van der Waals surface area contributed by atoms with E-state index in [1.807, 2.05) is 30.3 Å². The van der Waals surface area contributed by atoms with E-state index in [0.717, 1.165) is 34.0 Å². The number of benzene rings is 2. The largest absolute Gasteiger partial charge is 0.354 e. The molecule has 0 spiro atoms. The van der Waals surface area contributed by atoms with Gasteiger partial charge in [0.2, 0.25) is 11.8 Å². The number of hydrogen-bond acceptors (Lipinski definition) is 6. The van der Waals surface area contributed by atoms with Crippen molar-refractivity contribution >= 4 is 58.2 Å².